The number of aromatic nitrogens is 4. The molecule has 0 saturated heterocycles. The molecule has 0 radical (unpaired) electrons. The lowest BCUT2D eigenvalue weighted by Gasteiger charge is -2.08. The molecule has 204 valence electrons. The number of aromatic amines is 2. The Morgan fingerprint density at radius 1 is 0.650 bits per heavy atom. The van der Waals surface area contributed by atoms with E-state index in [1.165, 1.54) is 35.4 Å². The molecule has 2 heterocycles. The summed E-state index contributed by atoms with van der Waals surface area (Å²) in [6, 6.07) is 15.5. The van der Waals surface area contributed by atoms with Crippen molar-refractivity contribution in [2.24, 2.45) is 24.3 Å². The Morgan fingerprint density at radius 2 is 1.00 bits per heavy atom. The molecular formula is C26H24N8O6. The summed E-state index contributed by atoms with van der Waals surface area (Å²) in [5, 5.41) is 13.7. The first-order valence-corrected chi connectivity index (χ1v) is 11.9. The highest BCUT2D eigenvalue weighted by Gasteiger charge is 2.10. The molecule has 0 aliphatic rings. The number of azo groups is 1. The van der Waals surface area contributed by atoms with Crippen LogP contribution in [0.3, 0.4) is 0 Å². The fourth-order valence-corrected chi connectivity index (χ4v) is 3.62. The minimum Gasteiger partial charge on any atom is -0.326 e. The number of amides is 2. The number of carbonyl (C=O) groups excluding carboxylic acids is 2. The average molecular weight is 545 g/mol. The summed E-state index contributed by atoms with van der Waals surface area (Å²) in [6.07, 6.45) is -0.307. The van der Waals surface area contributed by atoms with E-state index in [1.54, 1.807) is 48.5 Å². The zero-order valence-corrected chi connectivity index (χ0v) is 21.4. The lowest BCUT2D eigenvalue weighted by atomic mass is 10.2. The summed E-state index contributed by atoms with van der Waals surface area (Å²) >= 11 is 0. The summed E-state index contributed by atoms with van der Waals surface area (Å²) in [5.41, 5.74) is 0.265. The van der Waals surface area contributed by atoms with Gasteiger partial charge in [-0.15, -0.1) is 0 Å². The van der Waals surface area contributed by atoms with Crippen LogP contribution >= 0.6 is 0 Å². The van der Waals surface area contributed by atoms with Crippen molar-refractivity contribution in [2.45, 2.75) is 12.8 Å². The highest BCUT2D eigenvalue weighted by Crippen LogP contribution is 2.22. The summed E-state index contributed by atoms with van der Waals surface area (Å²) in [5.74, 6) is -0.799. The van der Waals surface area contributed by atoms with Crippen molar-refractivity contribution in [1.29, 1.82) is 0 Å². The van der Waals surface area contributed by atoms with Crippen LogP contribution < -0.4 is 33.1 Å². The highest BCUT2D eigenvalue weighted by atomic mass is 16.2. The van der Waals surface area contributed by atoms with Crippen LogP contribution in [0.15, 0.2) is 90.1 Å². The van der Waals surface area contributed by atoms with Gasteiger partial charge in [0.05, 0.1) is 24.2 Å². The summed E-state index contributed by atoms with van der Waals surface area (Å²) in [6.45, 7) is 0. The normalized spacial score (nSPS) is 10.9. The van der Waals surface area contributed by atoms with Crippen LogP contribution in [0.1, 0.15) is 11.4 Å². The number of H-pyrrole nitrogens is 2. The molecule has 0 unspecified atom stereocenters. The van der Waals surface area contributed by atoms with Gasteiger partial charge in [0, 0.05) is 49.0 Å². The first-order chi connectivity index (χ1) is 19.1. The van der Waals surface area contributed by atoms with Gasteiger partial charge in [-0.2, -0.15) is 10.2 Å². The van der Waals surface area contributed by atoms with Gasteiger partial charge in [-0.25, -0.2) is 9.59 Å². The van der Waals surface area contributed by atoms with E-state index < -0.39 is 34.3 Å². The molecule has 0 aliphatic carbocycles. The second-order valence-corrected chi connectivity index (χ2v) is 8.72. The first kappa shape index (κ1) is 27.4. The maximum absolute atomic E-state index is 12.3. The monoisotopic (exact) mass is 544 g/mol. The van der Waals surface area contributed by atoms with Crippen molar-refractivity contribution in [3.05, 3.63) is 114 Å². The number of hydrogen-bond donors (Lipinski definition) is 4. The molecular weight excluding hydrogens is 520 g/mol. The van der Waals surface area contributed by atoms with Crippen molar-refractivity contribution >= 4 is 34.6 Å². The Bertz CT molecular complexity index is 1690. The molecule has 0 bridgehead atoms. The van der Waals surface area contributed by atoms with Crippen molar-refractivity contribution in [3.63, 3.8) is 0 Å². The highest BCUT2D eigenvalue weighted by molar-refractivity contribution is 5.92. The SMILES string of the molecule is Cn1c(CC(=O)Nc2ccc(N=Nc3ccc(NC(=O)Cc4cc(=O)[nH]c(=O)n4C)cc3)cc2)cc(=O)[nH]c1=O. The van der Waals surface area contributed by atoms with Crippen molar-refractivity contribution in [2.75, 3.05) is 10.6 Å². The molecule has 4 rings (SSSR count). The summed E-state index contributed by atoms with van der Waals surface area (Å²) in [7, 11) is 2.93. The predicted octanol–water partition coefficient (Wildman–Crippen LogP) is 1.24. The Morgan fingerprint density at radius 3 is 1.35 bits per heavy atom. The molecule has 2 aromatic heterocycles. The van der Waals surface area contributed by atoms with Crippen LogP contribution in [-0.4, -0.2) is 30.9 Å². The maximum atomic E-state index is 12.3. The first-order valence-electron chi connectivity index (χ1n) is 11.9. The second-order valence-electron chi connectivity index (χ2n) is 8.72. The van der Waals surface area contributed by atoms with Crippen LogP contribution in [0.4, 0.5) is 22.7 Å². The predicted molar refractivity (Wildman–Crippen MR) is 146 cm³/mol. The largest absolute Gasteiger partial charge is 0.328 e. The number of rotatable bonds is 8. The third-order valence-electron chi connectivity index (χ3n) is 5.79. The van der Waals surface area contributed by atoms with E-state index in [4.69, 9.17) is 0 Å². The third kappa shape index (κ3) is 7.00. The molecule has 2 aromatic carbocycles. The Kier molecular flexibility index (Phi) is 8.08. The number of nitrogens with one attached hydrogen (secondary N) is 4. The zero-order valence-electron chi connectivity index (χ0n) is 21.4. The summed E-state index contributed by atoms with van der Waals surface area (Å²) < 4.78 is 2.40. The van der Waals surface area contributed by atoms with Gasteiger partial charge in [-0.05, 0) is 48.5 Å². The standard InChI is InChI=1S/C26H24N8O6/c1-33-19(13-23(37)29-25(33)39)11-21(35)27-15-3-7-17(8-4-15)31-32-18-9-5-16(6-10-18)28-22(36)12-20-14-24(38)30-26(40)34(20)2/h3-10,13-14H,11-12H2,1-2H3,(H,27,35)(H,28,36)(H,29,37,39)(H,30,38,40). The number of benzene rings is 2. The van der Waals surface area contributed by atoms with E-state index >= 15 is 0 Å². The van der Waals surface area contributed by atoms with Crippen molar-refractivity contribution in [1.82, 2.24) is 19.1 Å². The molecule has 0 saturated carbocycles. The number of carbonyl (C=O) groups is 2. The number of nitrogens with zero attached hydrogens (tertiary/aromatic N) is 4. The fraction of sp³-hybridized carbons (Fsp3) is 0.154. The van der Waals surface area contributed by atoms with Gasteiger partial charge < -0.3 is 19.8 Å². The van der Waals surface area contributed by atoms with Crippen molar-refractivity contribution in [3.8, 4) is 0 Å². The van der Waals surface area contributed by atoms with Gasteiger partial charge in [0.25, 0.3) is 11.1 Å². The van der Waals surface area contributed by atoms with Crippen LogP contribution in [-0.2, 0) is 36.5 Å². The molecule has 14 heteroatoms. The van der Waals surface area contributed by atoms with Gasteiger partial charge in [0.15, 0.2) is 0 Å². The van der Waals surface area contributed by atoms with E-state index in [9.17, 15) is 28.8 Å². The number of anilines is 2. The molecule has 0 aliphatic heterocycles. The minimum atomic E-state index is -0.597. The maximum Gasteiger partial charge on any atom is 0.328 e. The van der Waals surface area contributed by atoms with Crippen LogP contribution in [0.25, 0.3) is 0 Å². The molecule has 2 amide bonds. The minimum absolute atomic E-state index is 0.153. The van der Waals surface area contributed by atoms with E-state index in [-0.39, 0.29) is 24.2 Å². The van der Waals surface area contributed by atoms with E-state index in [0.717, 1.165) is 0 Å². The van der Waals surface area contributed by atoms with Gasteiger partial charge >= 0.3 is 11.4 Å². The smallest absolute Gasteiger partial charge is 0.326 e. The van der Waals surface area contributed by atoms with E-state index in [2.05, 4.69) is 30.8 Å². The molecule has 4 N–H and O–H groups in total. The second kappa shape index (κ2) is 11.8. The van der Waals surface area contributed by atoms with Gasteiger partial charge in [-0.3, -0.25) is 29.1 Å². The van der Waals surface area contributed by atoms with Crippen LogP contribution in [0, 0.1) is 0 Å². The van der Waals surface area contributed by atoms with Crippen molar-refractivity contribution < 1.29 is 9.59 Å². The molecule has 40 heavy (non-hydrogen) atoms. The van der Waals surface area contributed by atoms with E-state index in [1.807, 2.05) is 0 Å². The molecule has 0 atom stereocenters. The fourth-order valence-electron chi connectivity index (χ4n) is 3.62. The average Bonchev–Trinajstić information content (AvgIpc) is 2.90. The van der Waals surface area contributed by atoms with Crippen LogP contribution in [0.5, 0.6) is 0 Å². The molecule has 4 aromatic rings. The van der Waals surface area contributed by atoms with E-state index in [0.29, 0.717) is 22.7 Å². The Hall–Kier alpha value is -5.66. The molecule has 0 fully saturated rings. The quantitative estimate of drug-likeness (QED) is 0.241. The van der Waals surface area contributed by atoms with Gasteiger partial charge in [-0.1, -0.05) is 0 Å². The Balaban J connectivity index is 1.31. The number of hydrogen-bond acceptors (Lipinski definition) is 8. The third-order valence-corrected chi connectivity index (χ3v) is 5.79. The molecule has 14 nitrogen and oxygen atoms in total. The van der Waals surface area contributed by atoms with Gasteiger partial charge in [0.2, 0.25) is 11.8 Å². The Labute approximate surface area is 225 Å². The summed E-state index contributed by atoms with van der Waals surface area (Å²) in [4.78, 5) is 75.3. The topological polar surface area (TPSA) is 193 Å². The lowest BCUT2D eigenvalue weighted by Crippen LogP contribution is -2.31. The lowest BCUT2D eigenvalue weighted by molar-refractivity contribution is -0.116. The molecule has 0 spiro atoms. The van der Waals surface area contributed by atoms with Crippen LogP contribution in [0.2, 0.25) is 0 Å². The van der Waals surface area contributed by atoms with Gasteiger partial charge in [0.1, 0.15) is 0 Å². The zero-order chi connectivity index (χ0) is 28.8.